The van der Waals surface area contributed by atoms with Gasteiger partial charge in [-0.1, -0.05) is 47.4 Å². The number of halogens is 2. The molecule has 130 valence electrons. The summed E-state index contributed by atoms with van der Waals surface area (Å²) in [5.74, 6) is 1.01. The average molecular weight is 414 g/mol. The van der Waals surface area contributed by atoms with Crippen molar-refractivity contribution >= 4 is 58.2 Å². The number of hydrogen-bond donors (Lipinski definition) is 1. The first-order valence-electron chi connectivity index (χ1n) is 7.35. The zero-order valence-electron chi connectivity index (χ0n) is 13.1. The van der Waals surface area contributed by atoms with Gasteiger partial charge in [0.2, 0.25) is 5.89 Å². The van der Waals surface area contributed by atoms with Gasteiger partial charge in [-0.15, -0.1) is 28.2 Å². The number of nitrogens with zero attached hydrogens (tertiary/aromatic N) is 2. The number of benzene rings is 1. The number of thiophene rings is 1. The molecular weight excluding hydrogens is 401 g/mol. The van der Waals surface area contributed by atoms with Crippen LogP contribution in [0.25, 0.3) is 0 Å². The monoisotopic (exact) mass is 413 g/mol. The van der Waals surface area contributed by atoms with Gasteiger partial charge in [0, 0.05) is 4.90 Å². The highest BCUT2D eigenvalue weighted by Gasteiger charge is 2.17. The Hall–Kier alpha value is -1.54. The third-order valence-corrected chi connectivity index (χ3v) is 5.56. The second-order valence-corrected chi connectivity index (χ2v) is 8.57. The van der Waals surface area contributed by atoms with Crippen molar-refractivity contribution < 1.29 is 9.21 Å². The fraction of sp³-hybridized carbons (Fsp3) is 0.188. The molecule has 0 unspecified atom stereocenters. The van der Waals surface area contributed by atoms with Crippen molar-refractivity contribution in [1.29, 1.82) is 0 Å². The molecule has 1 amide bonds. The summed E-state index contributed by atoms with van der Waals surface area (Å²) >= 11 is 14.7. The third-order valence-electron chi connectivity index (χ3n) is 3.18. The molecule has 0 bridgehead atoms. The van der Waals surface area contributed by atoms with E-state index >= 15 is 0 Å². The summed E-state index contributed by atoms with van der Waals surface area (Å²) in [5.41, 5.74) is 1.33. The molecule has 0 aliphatic carbocycles. The number of anilines is 1. The molecule has 0 atom stereocenters. The maximum absolute atomic E-state index is 12.1. The fourth-order valence-electron chi connectivity index (χ4n) is 2.08. The Labute approximate surface area is 162 Å². The van der Waals surface area contributed by atoms with Gasteiger partial charge in [-0.25, -0.2) is 0 Å². The molecule has 0 aliphatic heterocycles. The Morgan fingerprint density at radius 3 is 2.68 bits per heavy atom. The molecule has 0 spiro atoms. The van der Waals surface area contributed by atoms with Crippen LogP contribution in [0.4, 0.5) is 6.01 Å². The predicted molar refractivity (Wildman–Crippen MR) is 102 cm³/mol. The number of rotatable bonds is 6. The van der Waals surface area contributed by atoms with Crippen LogP contribution in [0.1, 0.15) is 28.7 Å². The summed E-state index contributed by atoms with van der Waals surface area (Å²) < 4.78 is 6.22. The number of carbonyl (C=O) groups is 1. The molecule has 0 radical (unpaired) electrons. The Kier molecular flexibility index (Phi) is 6.01. The summed E-state index contributed by atoms with van der Waals surface area (Å²) in [5, 5.41) is 10.3. The van der Waals surface area contributed by atoms with E-state index < -0.39 is 5.91 Å². The first kappa shape index (κ1) is 18.3. The number of nitrogens with one attached hydrogen (secondary N) is 1. The minimum absolute atomic E-state index is 0.0246. The van der Waals surface area contributed by atoms with Crippen molar-refractivity contribution in [2.75, 3.05) is 11.1 Å². The number of thioether (sulfide) groups is 1. The molecule has 1 N–H and O–H groups in total. The zero-order valence-corrected chi connectivity index (χ0v) is 16.2. The largest absolute Gasteiger partial charge is 0.407 e. The lowest BCUT2D eigenvalue weighted by Crippen LogP contribution is -2.11. The van der Waals surface area contributed by atoms with E-state index in [9.17, 15) is 4.79 Å². The smallest absolute Gasteiger partial charge is 0.322 e. The standard InChI is InChI=1S/C16H13Cl2N3O2S2/c1-2-24-10-5-3-9(4-6-10)7-13-20-21-16(23-13)19-15(22)11-8-12(17)25-14(11)18/h3-6,8H,2,7H2,1H3,(H,19,21,22). The van der Waals surface area contributed by atoms with Gasteiger partial charge in [0.25, 0.3) is 5.91 Å². The molecule has 1 aromatic carbocycles. The summed E-state index contributed by atoms with van der Waals surface area (Å²) in [4.78, 5) is 13.4. The van der Waals surface area contributed by atoms with Crippen LogP contribution in [-0.2, 0) is 6.42 Å². The number of hydrogen-bond acceptors (Lipinski definition) is 6. The van der Waals surface area contributed by atoms with E-state index in [1.165, 1.54) is 11.0 Å². The van der Waals surface area contributed by atoms with Gasteiger partial charge >= 0.3 is 6.01 Å². The first-order chi connectivity index (χ1) is 12.0. The normalized spacial score (nSPS) is 10.8. The maximum Gasteiger partial charge on any atom is 0.322 e. The van der Waals surface area contributed by atoms with Crippen LogP contribution in [0.15, 0.2) is 39.6 Å². The van der Waals surface area contributed by atoms with Gasteiger partial charge in [-0.05, 0) is 29.5 Å². The van der Waals surface area contributed by atoms with Crippen LogP contribution in [0.2, 0.25) is 8.67 Å². The van der Waals surface area contributed by atoms with E-state index in [2.05, 4.69) is 34.6 Å². The number of amides is 1. The van der Waals surface area contributed by atoms with E-state index in [0.29, 0.717) is 21.0 Å². The quantitative estimate of drug-likeness (QED) is 0.548. The van der Waals surface area contributed by atoms with Crippen LogP contribution in [0, 0.1) is 0 Å². The van der Waals surface area contributed by atoms with Gasteiger partial charge in [-0.3, -0.25) is 10.1 Å². The molecule has 0 saturated heterocycles. The Morgan fingerprint density at radius 1 is 1.28 bits per heavy atom. The van der Waals surface area contributed by atoms with Crippen molar-refractivity contribution in [1.82, 2.24) is 10.2 Å². The van der Waals surface area contributed by atoms with Crippen molar-refractivity contribution in [3.05, 3.63) is 56.0 Å². The van der Waals surface area contributed by atoms with Gasteiger partial charge in [0.1, 0.15) is 4.34 Å². The highest BCUT2D eigenvalue weighted by atomic mass is 35.5. The molecule has 25 heavy (non-hydrogen) atoms. The van der Waals surface area contributed by atoms with Crippen LogP contribution in [-0.4, -0.2) is 21.9 Å². The van der Waals surface area contributed by atoms with E-state index in [1.54, 1.807) is 11.8 Å². The summed E-state index contributed by atoms with van der Waals surface area (Å²) in [6.07, 6.45) is 0.491. The van der Waals surface area contributed by atoms with E-state index in [0.717, 1.165) is 22.7 Å². The fourth-order valence-corrected chi connectivity index (χ4v) is 4.20. The SMILES string of the molecule is CCSc1ccc(Cc2nnc(NC(=O)c3cc(Cl)sc3Cl)o2)cc1. The summed E-state index contributed by atoms with van der Waals surface area (Å²) in [7, 11) is 0. The highest BCUT2D eigenvalue weighted by Crippen LogP contribution is 2.31. The molecule has 3 rings (SSSR count). The molecule has 0 saturated carbocycles. The first-order valence-corrected chi connectivity index (χ1v) is 9.91. The molecule has 9 heteroatoms. The Balaban J connectivity index is 1.64. The van der Waals surface area contributed by atoms with Gasteiger partial charge in [0.15, 0.2) is 0 Å². The molecular formula is C16H13Cl2N3O2S2. The maximum atomic E-state index is 12.1. The zero-order chi connectivity index (χ0) is 17.8. The summed E-state index contributed by atoms with van der Waals surface area (Å²) in [6, 6.07) is 9.69. The molecule has 3 aromatic rings. The van der Waals surface area contributed by atoms with Crippen LogP contribution in [0.5, 0.6) is 0 Å². The molecule has 5 nitrogen and oxygen atoms in total. The van der Waals surface area contributed by atoms with Gasteiger partial charge in [0.05, 0.1) is 16.3 Å². The average Bonchev–Trinajstić information content (AvgIpc) is 3.15. The lowest BCUT2D eigenvalue weighted by Gasteiger charge is -2.01. The minimum Gasteiger partial charge on any atom is -0.407 e. The molecule has 2 aromatic heterocycles. The van der Waals surface area contributed by atoms with Gasteiger partial charge < -0.3 is 4.42 Å². The van der Waals surface area contributed by atoms with Crippen LogP contribution in [0.3, 0.4) is 0 Å². The number of carbonyl (C=O) groups excluding carboxylic acids is 1. The van der Waals surface area contributed by atoms with Crippen LogP contribution >= 0.6 is 46.3 Å². The Bertz CT molecular complexity index is 878. The Morgan fingerprint density at radius 2 is 2.04 bits per heavy atom. The molecule has 2 heterocycles. The second-order valence-electron chi connectivity index (χ2n) is 4.95. The van der Waals surface area contributed by atoms with Crippen molar-refractivity contribution in [3.8, 4) is 0 Å². The molecule has 0 aliphatic rings. The van der Waals surface area contributed by atoms with E-state index in [1.807, 2.05) is 12.1 Å². The van der Waals surface area contributed by atoms with Crippen LogP contribution < -0.4 is 5.32 Å². The number of aromatic nitrogens is 2. The third kappa shape index (κ3) is 4.76. The second kappa shape index (κ2) is 8.23. The van der Waals surface area contributed by atoms with Crippen molar-refractivity contribution in [2.45, 2.75) is 18.2 Å². The van der Waals surface area contributed by atoms with E-state index in [4.69, 9.17) is 27.6 Å². The summed E-state index contributed by atoms with van der Waals surface area (Å²) in [6.45, 7) is 2.12. The molecule has 0 fully saturated rings. The topological polar surface area (TPSA) is 68.0 Å². The minimum atomic E-state index is -0.440. The van der Waals surface area contributed by atoms with Gasteiger partial charge in [-0.2, -0.15) is 0 Å². The van der Waals surface area contributed by atoms with Crippen molar-refractivity contribution in [3.63, 3.8) is 0 Å². The lowest BCUT2D eigenvalue weighted by molar-refractivity contribution is 0.102. The van der Waals surface area contributed by atoms with Crippen molar-refractivity contribution in [2.24, 2.45) is 0 Å². The lowest BCUT2D eigenvalue weighted by atomic mass is 10.1. The predicted octanol–water partition coefficient (Wildman–Crippen LogP) is 5.39. The highest BCUT2D eigenvalue weighted by molar-refractivity contribution is 7.99. The van der Waals surface area contributed by atoms with E-state index in [-0.39, 0.29) is 11.6 Å².